The molecule has 0 radical (unpaired) electrons. The number of hydrogen-bond acceptors (Lipinski definition) is 5. The number of halogens is 1. The number of carbonyl (C=O) groups is 2. The molecule has 2 N–H and O–H groups in total. The Kier molecular flexibility index (Phi) is 6.72. The zero-order valence-corrected chi connectivity index (χ0v) is 16.7. The van der Waals surface area contributed by atoms with Crippen LogP contribution in [0.1, 0.15) is 11.6 Å². The SMILES string of the molecule is C=CCN1CCN(CC2=C(C(=O)OC)[C@H](c3ccccc3Cl)NC(=O)N2)CC1. The molecule has 28 heavy (non-hydrogen) atoms. The molecule has 1 saturated heterocycles. The molecule has 2 amide bonds. The molecule has 0 aliphatic carbocycles. The molecule has 150 valence electrons. The van der Waals surface area contributed by atoms with Gasteiger partial charge in [-0.25, -0.2) is 9.59 Å². The molecular weight excluding hydrogens is 380 g/mol. The Morgan fingerprint density at radius 3 is 2.61 bits per heavy atom. The van der Waals surface area contributed by atoms with Crippen LogP contribution in [0.5, 0.6) is 0 Å². The zero-order chi connectivity index (χ0) is 20.1. The number of ether oxygens (including phenoxy) is 1. The number of esters is 1. The molecule has 0 unspecified atom stereocenters. The molecule has 1 aromatic carbocycles. The summed E-state index contributed by atoms with van der Waals surface area (Å²) in [6, 6.07) is 6.14. The molecule has 0 spiro atoms. The van der Waals surface area contributed by atoms with Gasteiger partial charge in [0.2, 0.25) is 0 Å². The van der Waals surface area contributed by atoms with Gasteiger partial charge in [-0.05, 0) is 11.6 Å². The molecule has 0 saturated carbocycles. The second-order valence-electron chi connectivity index (χ2n) is 6.80. The summed E-state index contributed by atoms with van der Waals surface area (Å²) in [5.74, 6) is -0.488. The second-order valence-corrected chi connectivity index (χ2v) is 7.21. The lowest BCUT2D eigenvalue weighted by atomic mass is 9.95. The lowest BCUT2D eigenvalue weighted by Crippen LogP contribution is -2.51. The molecular formula is C20H25ClN4O3. The van der Waals surface area contributed by atoms with Crippen LogP contribution in [-0.2, 0) is 9.53 Å². The Labute approximate surface area is 170 Å². The molecule has 2 aliphatic heterocycles. The van der Waals surface area contributed by atoms with Gasteiger partial charge >= 0.3 is 12.0 Å². The first-order valence-corrected chi connectivity index (χ1v) is 9.60. The first-order valence-electron chi connectivity index (χ1n) is 9.22. The number of piperazine rings is 1. The minimum Gasteiger partial charge on any atom is -0.466 e. The van der Waals surface area contributed by atoms with Crippen LogP contribution in [0.2, 0.25) is 5.02 Å². The van der Waals surface area contributed by atoms with Gasteiger partial charge in [0.05, 0.1) is 18.7 Å². The van der Waals surface area contributed by atoms with Crippen molar-refractivity contribution in [1.29, 1.82) is 0 Å². The summed E-state index contributed by atoms with van der Waals surface area (Å²) < 4.78 is 5.02. The molecule has 2 heterocycles. The van der Waals surface area contributed by atoms with Crippen LogP contribution in [0.4, 0.5) is 4.79 Å². The fraction of sp³-hybridized carbons (Fsp3) is 0.400. The van der Waals surface area contributed by atoms with Gasteiger partial charge in [-0.1, -0.05) is 35.9 Å². The maximum Gasteiger partial charge on any atom is 0.338 e. The van der Waals surface area contributed by atoms with E-state index < -0.39 is 12.0 Å². The van der Waals surface area contributed by atoms with Crippen molar-refractivity contribution in [2.24, 2.45) is 0 Å². The van der Waals surface area contributed by atoms with Crippen LogP contribution in [0.15, 0.2) is 48.2 Å². The number of urea groups is 1. The quantitative estimate of drug-likeness (QED) is 0.559. The molecule has 3 rings (SSSR count). The zero-order valence-electron chi connectivity index (χ0n) is 15.9. The Hall–Kier alpha value is -2.35. The monoisotopic (exact) mass is 404 g/mol. The Bertz CT molecular complexity index is 787. The molecule has 1 atom stereocenters. The fourth-order valence-electron chi connectivity index (χ4n) is 3.57. The summed E-state index contributed by atoms with van der Waals surface area (Å²) in [5.41, 5.74) is 1.59. The first kappa shape index (κ1) is 20.4. The number of hydrogen-bond donors (Lipinski definition) is 2. The van der Waals surface area contributed by atoms with Gasteiger partial charge in [0, 0.05) is 50.0 Å². The normalized spacial score (nSPS) is 21.1. The third kappa shape index (κ3) is 4.55. The van der Waals surface area contributed by atoms with E-state index in [-0.39, 0.29) is 6.03 Å². The van der Waals surface area contributed by atoms with Gasteiger partial charge in [-0.15, -0.1) is 6.58 Å². The predicted octanol–water partition coefficient (Wildman–Crippen LogP) is 1.92. The maximum absolute atomic E-state index is 12.6. The molecule has 0 bridgehead atoms. The van der Waals surface area contributed by atoms with Gasteiger partial charge in [0.1, 0.15) is 0 Å². The molecule has 8 heteroatoms. The summed E-state index contributed by atoms with van der Waals surface area (Å²) in [5, 5.41) is 6.08. The third-order valence-electron chi connectivity index (χ3n) is 5.01. The lowest BCUT2D eigenvalue weighted by molar-refractivity contribution is -0.136. The third-order valence-corrected chi connectivity index (χ3v) is 5.35. The predicted molar refractivity (Wildman–Crippen MR) is 108 cm³/mol. The average Bonchev–Trinajstić information content (AvgIpc) is 2.69. The van der Waals surface area contributed by atoms with Crippen LogP contribution in [-0.4, -0.2) is 68.2 Å². The highest BCUT2D eigenvalue weighted by Gasteiger charge is 2.35. The van der Waals surface area contributed by atoms with Gasteiger partial charge in [-0.2, -0.15) is 0 Å². The van der Waals surface area contributed by atoms with Crippen LogP contribution in [0, 0.1) is 0 Å². The molecule has 7 nitrogen and oxygen atoms in total. The largest absolute Gasteiger partial charge is 0.466 e. The van der Waals surface area contributed by atoms with Gasteiger partial charge in [0.15, 0.2) is 0 Å². The topological polar surface area (TPSA) is 73.9 Å². The van der Waals surface area contributed by atoms with Crippen LogP contribution in [0.3, 0.4) is 0 Å². The number of rotatable bonds is 6. The van der Waals surface area contributed by atoms with Gasteiger partial charge < -0.3 is 15.4 Å². The van der Waals surface area contributed by atoms with E-state index in [2.05, 4.69) is 27.0 Å². The highest BCUT2D eigenvalue weighted by molar-refractivity contribution is 6.31. The van der Waals surface area contributed by atoms with Crippen LogP contribution >= 0.6 is 11.6 Å². The van der Waals surface area contributed by atoms with E-state index in [0.717, 1.165) is 32.7 Å². The molecule has 1 fully saturated rings. The van der Waals surface area contributed by atoms with Crippen molar-refractivity contribution in [3.63, 3.8) is 0 Å². The standard InChI is InChI=1S/C20H25ClN4O3/c1-3-8-24-9-11-25(12-10-24)13-16-17(19(26)28-2)18(23-20(27)22-16)14-6-4-5-7-15(14)21/h3-7,18H,1,8-13H2,2H3,(H2,22,23,27)/t18-/m0/s1. The Morgan fingerprint density at radius 1 is 1.29 bits per heavy atom. The number of methoxy groups -OCH3 is 1. The van der Waals surface area contributed by atoms with E-state index in [4.69, 9.17) is 16.3 Å². The van der Waals surface area contributed by atoms with Crippen molar-refractivity contribution < 1.29 is 14.3 Å². The first-order chi connectivity index (χ1) is 13.5. The minimum absolute atomic E-state index is 0.363. The number of amides is 2. The highest BCUT2D eigenvalue weighted by Crippen LogP contribution is 2.32. The highest BCUT2D eigenvalue weighted by atomic mass is 35.5. The van der Waals surface area contributed by atoms with E-state index in [1.54, 1.807) is 18.2 Å². The van der Waals surface area contributed by atoms with Crippen molar-refractivity contribution in [3.8, 4) is 0 Å². The van der Waals surface area contributed by atoms with Crippen molar-refractivity contribution >= 4 is 23.6 Å². The molecule has 1 aromatic rings. The summed E-state index contributed by atoms with van der Waals surface area (Å²) in [6.45, 7) is 8.60. The van der Waals surface area contributed by atoms with Crippen molar-refractivity contribution in [2.75, 3.05) is 46.4 Å². The van der Waals surface area contributed by atoms with E-state index >= 15 is 0 Å². The maximum atomic E-state index is 12.6. The Morgan fingerprint density at radius 2 is 1.96 bits per heavy atom. The molecule has 0 aromatic heterocycles. The fourth-order valence-corrected chi connectivity index (χ4v) is 3.82. The smallest absolute Gasteiger partial charge is 0.338 e. The summed E-state index contributed by atoms with van der Waals surface area (Å²) in [7, 11) is 1.33. The molecule has 2 aliphatic rings. The number of benzene rings is 1. The van der Waals surface area contributed by atoms with E-state index in [9.17, 15) is 9.59 Å². The van der Waals surface area contributed by atoms with Crippen molar-refractivity contribution in [1.82, 2.24) is 20.4 Å². The van der Waals surface area contributed by atoms with Gasteiger partial charge in [0.25, 0.3) is 0 Å². The van der Waals surface area contributed by atoms with Gasteiger partial charge in [-0.3, -0.25) is 9.80 Å². The minimum atomic E-state index is -0.660. The number of nitrogens with one attached hydrogen (secondary N) is 2. The van der Waals surface area contributed by atoms with Crippen molar-refractivity contribution in [2.45, 2.75) is 6.04 Å². The lowest BCUT2D eigenvalue weighted by Gasteiger charge is -2.36. The van der Waals surface area contributed by atoms with E-state index in [1.165, 1.54) is 7.11 Å². The number of carbonyl (C=O) groups excluding carboxylic acids is 2. The summed E-state index contributed by atoms with van der Waals surface area (Å²) >= 11 is 6.33. The average molecular weight is 405 g/mol. The van der Waals surface area contributed by atoms with E-state index in [1.807, 2.05) is 12.1 Å². The second kappa shape index (κ2) is 9.23. The van der Waals surface area contributed by atoms with Crippen LogP contribution in [0.25, 0.3) is 0 Å². The van der Waals surface area contributed by atoms with Crippen molar-refractivity contribution in [3.05, 3.63) is 58.8 Å². The summed E-state index contributed by atoms with van der Waals surface area (Å²) in [4.78, 5) is 29.4. The van der Waals surface area contributed by atoms with Crippen LogP contribution < -0.4 is 10.6 Å². The number of nitrogens with zero attached hydrogens (tertiary/aromatic N) is 2. The van der Waals surface area contributed by atoms with E-state index in [0.29, 0.717) is 28.4 Å². The summed E-state index contributed by atoms with van der Waals surface area (Å²) in [6.07, 6.45) is 1.90. The Balaban J connectivity index is 1.88.